The maximum Gasteiger partial charge on any atom is 0.0440 e. The number of halogens is 1. The third-order valence-corrected chi connectivity index (χ3v) is 4.08. The first-order valence-corrected chi connectivity index (χ1v) is 7.78. The van der Waals surface area contributed by atoms with Crippen molar-refractivity contribution < 1.29 is 0 Å². The molecule has 0 saturated heterocycles. The van der Waals surface area contributed by atoms with Gasteiger partial charge in [0.15, 0.2) is 0 Å². The van der Waals surface area contributed by atoms with Crippen LogP contribution in [-0.4, -0.2) is 6.54 Å². The molecule has 1 nitrogen and oxygen atoms in total. The van der Waals surface area contributed by atoms with E-state index >= 15 is 0 Å². The second-order valence-corrected chi connectivity index (χ2v) is 5.35. The van der Waals surface area contributed by atoms with Crippen molar-refractivity contribution in [2.45, 2.75) is 26.1 Å². The smallest absolute Gasteiger partial charge is 0.0440 e. The molecule has 0 aliphatic rings. The fourth-order valence-corrected chi connectivity index (χ4v) is 2.79. The Morgan fingerprint density at radius 3 is 2.21 bits per heavy atom. The monoisotopic (exact) mass is 317 g/mol. The van der Waals surface area contributed by atoms with Crippen LogP contribution in [0.4, 0.5) is 11.4 Å². The molecule has 0 radical (unpaired) electrons. The molecule has 100 valence electrons. The Morgan fingerprint density at radius 1 is 0.947 bits per heavy atom. The van der Waals surface area contributed by atoms with Crippen molar-refractivity contribution in [2.75, 3.05) is 11.4 Å². The van der Waals surface area contributed by atoms with Crippen molar-refractivity contribution in [3.05, 3.63) is 59.2 Å². The van der Waals surface area contributed by atoms with Crippen molar-refractivity contribution >= 4 is 27.3 Å². The Labute approximate surface area is 124 Å². The zero-order valence-corrected chi connectivity index (χ0v) is 13.4. The van der Waals surface area contributed by atoms with E-state index in [0.717, 1.165) is 11.9 Å². The molecule has 0 aliphatic carbocycles. The number of hydrogen-bond donors (Lipinski definition) is 0. The molecular weight excluding hydrogens is 298 g/mol. The Hall–Kier alpha value is -1.28. The summed E-state index contributed by atoms with van der Waals surface area (Å²) in [5.74, 6) is 0. The van der Waals surface area contributed by atoms with E-state index in [1.165, 1.54) is 28.1 Å². The number of aryl methyl sites for hydroxylation is 2. The van der Waals surface area contributed by atoms with E-state index < -0.39 is 0 Å². The molecule has 2 aromatic carbocycles. The fraction of sp³-hybridized carbons (Fsp3) is 0.294. The van der Waals surface area contributed by atoms with Crippen LogP contribution in [0.25, 0.3) is 0 Å². The van der Waals surface area contributed by atoms with Crippen LogP contribution in [0.1, 0.15) is 23.6 Å². The minimum atomic E-state index is 0.907. The molecule has 0 spiro atoms. The molecule has 0 aromatic heterocycles. The summed E-state index contributed by atoms with van der Waals surface area (Å²) in [6, 6.07) is 15.2. The summed E-state index contributed by atoms with van der Waals surface area (Å²) in [4.78, 5) is 2.38. The first kappa shape index (κ1) is 14.1. The zero-order chi connectivity index (χ0) is 13.8. The summed E-state index contributed by atoms with van der Waals surface area (Å²) < 4.78 is 0. The van der Waals surface area contributed by atoms with Gasteiger partial charge in [0.1, 0.15) is 0 Å². The van der Waals surface area contributed by atoms with Gasteiger partial charge in [0, 0.05) is 23.2 Å². The van der Waals surface area contributed by atoms with Gasteiger partial charge in [-0.15, -0.1) is 0 Å². The number of hydrogen-bond acceptors (Lipinski definition) is 1. The van der Waals surface area contributed by atoms with Gasteiger partial charge in [-0.05, 0) is 49.6 Å². The second-order valence-electron chi connectivity index (χ2n) is 4.79. The summed E-state index contributed by atoms with van der Waals surface area (Å²) in [5, 5.41) is 0.907. The third kappa shape index (κ3) is 3.01. The van der Waals surface area contributed by atoms with Crippen LogP contribution >= 0.6 is 15.9 Å². The van der Waals surface area contributed by atoms with E-state index in [4.69, 9.17) is 0 Å². The molecule has 0 heterocycles. The van der Waals surface area contributed by atoms with E-state index in [-0.39, 0.29) is 0 Å². The van der Waals surface area contributed by atoms with Gasteiger partial charge < -0.3 is 4.90 Å². The molecule has 0 unspecified atom stereocenters. The average molecular weight is 318 g/mol. The fourth-order valence-electron chi connectivity index (χ4n) is 2.44. The summed E-state index contributed by atoms with van der Waals surface area (Å²) in [5.41, 5.74) is 6.54. The molecule has 2 heteroatoms. The van der Waals surface area contributed by atoms with Gasteiger partial charge in [-0.3, -0.25) is 0 Å². The molecular formula is C17H20BrN. The lowest BCUT2D eigenvalue weighted by atomic mass is 10.1. The van der Waals surface area contributed by atoms with Crippen molar-refractivity contribution in [1.82, 2.24) is 0 Å². The first-order chi connectivity index (χ1) is 9.17. The molecule has 2 aromatic rings. The molecule has 2 rings (SSSR count). The maximum absolute atomic E-state index is 3.51. The van der Waals surface area contributed by atoms with Gasteiger partial charge in [0.05, 0.1) is 0 Å². The predicted octanol–water partition coefficient (Wildman–Crippen LogP) is 5.36. The number of rotatable bonds is 4. The van der Waals surface area contributed by atoms with Gasteiger partial charge in [0.2, 0.25) is 0 Å². The topological polar surface area (TPSA) is 3.24 Å². The standard InChI is InChI=1S/C17H20BrN/c1-4-19(16-8-6-5-7-13(16)2)17-10-9-15(12-18)11-14(17)3/h5-11H,4,12H2,1-3H3. The Kier molecular flexibility index (Phi) is 4.65. The summed E-state index contributed by atoms with van der Waals surface area (Å²) in [6.07, 6.45) is 0. The molecule has 0 saturated carbocycles. The van der Waals surface area contributed by atoms with Crippen molar-refractivity contribution in [1.29, 1.82) is 0 Å². The van der Waals surface area contributed by atoms with E-state index in [0.29, 0.717) is 0 Å². The van der Waals surface area contributed by atoms with E-state index in [2.05, 4.69) is 84.1 Å². The first-order valence-electron chi connectivity index (χ1n) is 6.66. The highest BCUT2D eigenvalue weighted by Crippen LogP contribution is 2.31. The molecule has 0 bridgehead atoms. The molecule has 0 N–H and O–H groups in total. The SMILES string of the molecule is CCN(c1ccccc1C)c1ccc(CBr)cc1C. The van der Waals surface area contributed by atoms with E-state index in [1.54, 1.807) is 0 Å². The van der Waals surface area contributed by atoms with Crippen LogP contribution < -0.4 is 4.90 Å². The number of anilines is 2. The lowest BCUT2D eigenvalue weighted by Crippen LogP contribution is -2.18. The van der Waals surface area contributed by atoms with Crippen molar-refractivity contribution in [3.63, 3.8) is 0 Å². The van der Waals surface area contributed by atoms with Gasteiger partial charge in [-0.1, -0.05) is 46.3 Å². The van der Waals surface area contributed by atoms with Crippen molar-refractivity contribution in [2.24, 2.45) is 0 Å². The van der Waals surface area contributed by atoms with Crippen LogP contribution in [0.15, 0.2) is 42.5 Å². The molecule has 0 aliphatic heterocycles. The highest BCUT2D eigenvalue weighted by Gasteiger charge is 2.11. The van der Waals surface area contributed by atoms with Crippen molar-refractivity contribution in [3.8, 4) is 0 Å². The number of benzene rings is 2. The summed E-state index contributed by atoms with van der Waals surface area (Å²) >= 11 is 3.51. The molecule has 0 atom stereocenters. The lowest BCUT2D eigenvalue weighted by molar-refractivity contribution is 1.01. The maximum atomic E-state index is 3.51. The number of nitrogens with zero attached hydrogens (tertiary/aromatic N) is 1. The average Bonchev–Trinajstić information content (AvgIpc) is 2.43. The van der Waals surface area contributed by atoms with Gasteiger partial charge in [-0.2, -0.15) is 0 Å². The Balaban J connectivity index is 2.46. The number of alkyl halides is 1. The van der Waals surface area contributed by atoms with Crippen LogP contribution in [0.3, 0.4) is 0 Å². The van der Waals surface area contributed by atoms with Gasteiger partial charge in [-0.25, -0.2) is 0 Å². The third-order valence-electron chi connectivity index (χ3n) is 3.43. The number of para-hydroxylation sites is 1. The van der Waals surface area contributed by atoms with Gasteiger partial charge in [0.25, 0.3) is 0 Å². The quantitative estimate of drug-likeness (QED) is 0.686. The van der Waals surface area contributed by atoms with Crippen LogP contribution in [0, 0.1) is 13.8 Å². The lowest BCUT2D eigenvalue weighted by Gasteiger charge is -2.27. The van der Waals surface area contributed by atoms with E-state index in [1.807, 2.05) is 0 Å². The predicted molar refractivity (Wildman–Crippen MR) is 87.7 cm³/mol. The Morgan fingerprint density at radius 2 is 1.63 bits per heavy atom. The van der Waals surface area contributed by atoms with Gasteiger partial charge >= 0.3 is 0 Å². The largest absolute Gasteiger partial charge is 0.341 e. The zero-order valence-electron chi connectivity index (χ0n) is 11.8. The van der Waals surface area contributed by atoms with Crippen LogP contribution in [0.2, 0.25) is 0 Å². The van der Waals surface area contributed by atoms with E-state index in [9.17, 15) is 0 Å². The second kappa shape index (κ2) is 6.25. The Bertz CT molecular complexity index is 563. The highest BCUT2D eigenvalue weighted by atomic mass is 79.9. The summed E-state index contributed by atoms with van der Waals surface area (Å²) in [6.45, 7) is 7.52. The molecule has 19 heavy (non-hydrogen) atoms. The normalized spacial score (nSPS) is 10.5. The van der Waals surface area contributed by atoms with Crippen LogP contribution in [-0.2, 0) is 5.33 Å². The minimum absolute atomic E-state index is 0.907. The van der Waals surface area contributed by atoms with Crippen LogP contribution in [0.5, 0.6) is 0 Å². The summed E-state index contributed by atoms with van der Waals surface area (Å²) in [7, 11) is 0. The minimum Gasteiger partial charge on any atom is -0.341 e. The molecule has 0 fully saturated rings. The molecule has 0 amide bonds. The highest BCUT2D eigenvalue weighted by molar-refractivity contribution is 9.08.